The van der Waals surface area contributed by atoms with Gasteiger partial charge in [0.25, 0.3) is 0 Å². The summed E-state index contributed by atoms with van der Waals surface area (Å²) >= 11 is 3.29. The Bertz CT molecular complexity index is 247. The highest BCUT2D eigenvalue weighted by atomic mass is 32.1. The van der Waals surface area contributed by atoms with Gasteiger partial charge in [-0.05, 0) is 0 Å². The topological polar surface area (TPSA) is 0 Å². The van der Waals surface area contributed by atoms with Crippen molar-refractivity contribution >= 4 is 22.7 Å². The summed E-state index contributed by atoms with van der Waals surface area (Å²) in [6.07, 6.45) is 0. The Balaban J connectivity index is 2.48. The van der Waals surface area contributed by atoms with Crippen LogP contribution in [0.3, 0.4) is 0 Å². The summed E-state index contributed by atoms with van der Waals surface area (Å²) in [7, 11) is 0. The molecule has 2 heterocycles. The van der Waals surface area contributed by atoms with Gasteiger partial charge in [0.2, 0.25) is 0 Å². The van der Waals surface area contributed by atoms with Crippen molar-refractivity contribution < 1.29 is 0 Å². The first kappa shape index (κ1) is 6.13. The van der Waals surface area contributed by atoms with Crippen LogP contribution in [0.5, 0.6) is 0 Å². The molecule has 0 fully saturated rings. The average Bonchev–Trinajstić information content (AvgIpc) is 2.59. The zero-order valence-corrected chi connectivity index (χ0v) is 6.76. The van der Waals surface area contributed by atoms with Crippen LogP contribution in [0, 0.1) is 10.8 Å². The highest BCUT2D eigenvalue weighted by molar-refractivity contribution is 7.19. The van der Waals surface area contributed by atoms with Crippen molar-refractivity contribution in [1.82, 2.24) is 0 Å². The first-order valence-corrected chi connectivity index (χ1v) is 4.52. The van der Waals surface area contributed by atoms with Crippen LogP contribution in [-0.4, -0.2) is 0 Å². The summed E-state index contributed by atoms with van der Waals surface area (Å²) in [6, 6.07) is 8.04. The van der Waals surface area contributed by atoms with E-state index in [-0.39, 0.29) is 0 Å². The average molecular weight is 164 g/mol. The second kappa shape index (κ2) is 2.56. The molecule has 50 valence electrons. The molecule has 0 aliphatic carbocycles. The van der Waals surface area contributed by atoms with E-state index < -0.39 is 0 Å². The van der Waals surface area contributed by atoms with E-state index in [1.54, 1.807) is 22.7 Å². The predicted molar refractivity (Wildman–Crippen MR) is 45.3 cm³/mol. The number of thiophene rings is 2. The molecule has 0 atom stereocenters. The SMILES string of the molecule is [c-]1ccc(-c2cc[c-]s2)s1. The molecule has 2 heteroatoms. The predicted octanol–water partition coefficient (Wildman–Crippen LogP) is 3.08. The molecule has 0 unspecified atom stereocenters. The Labute approximate surface area is 67.8 Å². The third kappa shape index (κ3) is 1.00. The van der Waals surface area contributed by atoms with Crippen molar-refractivity contribution in [3.05, 3.63) is 35.0 Å². The van der Waals surface area contributed by atoms with Crippen LogP contribution in [0.1, 0.15) is 0 Å². The van der Waals surface area contributed by atoms with Crippen LogP contribution in [0.4, 0.5) is 0 Å². The largest absolute Gasteiger partial charge is 0.309 e. The zero-order valence-electron chi connectivity index (χ0n) is 5.13. The fourth-order valence-corrected chi connectivity index (χ4v) is 2.13. The molecule has 0 bridgehead atoms. The molecular formula is C8H4S2-2. The first-order chi connectivity index (χ1) is 4.97. The lowest BCUT2D eigenvalue weighted by molar-refractivity contribution is 1.93. The van der Waals surface area contributed by atoms with Gasteiger partial charge in [-0.15, -0.1) is 10.8 Å². The van der Waals surface area contributed by atoms with E-state index in [1.165, 1.54) is 9.75 Å². The minimum Gasteiger partial charge on any atom is -0.309 e. The minimum atomic E-state index is 1.28. The monoisotopic (exact) mass is 164 g/mol. The second-order valence-corrected chi connectivity index (χ2v) is 3.59. The van der Waals surface area contributed by atoms with Gasteiger partial charge in [-0.25, -0.2) is 12.1 Å². The standard InChI is InChI=1S/C8H4S2/c1-3-7(9-5-1)8-4-2-6-10-8/h1-4H/q-2. The van der Waals surface area contributed by atoms with Crippen LogP contribution < -0.4 is 0 Å². The van der Waals surface area contributed by atoms with Crippen molar-refractivity contribution in [3.63, 3.8) is 0 Å². The van der Waals surface area contributed by atoms with E-state index in [2.05, 4.69) is 22.9 Å². The summed E-state index contributed by atoms with van der Waals surface area (Å²) in [6.45, 7) is 0. The smallest absolute Gasteiger partial charge is 0.125 e. The Morgan fingerprint density at radius 3 is 1.70 bits per heavy atom. The molecular weight excluding hydrogens is 160 g/mol. The van der Waals surface area contributed by atoms with Gasteiger partial charge in [0, 0.05) is 0 Å². The number of hydrogen-bond donors (Lipinski definition) is 0. The molecule has 0 nitrogen and oxygen atoms in total. The van der Waals surface area contributed by atoms with Crippen molar-refractivity contribution in [1.29, 1.82) is 0 Å². The van der Waals surface area contributed by atoms with E-state index in [1.807, 2.05) is 12.1 Å². The summed E-state index contributed by atoms with van der Waals surface area (Å²) in [5, 5.41) is 6.10. The Hall–Kier alpha value is -0.600. The van der Waals surface area contributed by atoms with E-state index in [9.17, 15) is 0 Å². The quantitative estimate of drug-likeness (QED) is 0.568. The van der Waals surface area contributed by atoms with Gasteiger partial charge >= 0.3 is 0 Å². The van der Waals surface area contributed by atoms with Gasteiger partial charge in [0.05, 0.1) is 0 Å². The molecule has 0 saturated carbocycles. The number of hydrogen-bond acceptors (Lipinski definition) is 2. The highest BCUT2D eigenvalue weighted by Gasteiger charge is 1.77. The van der Waals surface area contributed by atoms with E-state index in [0.717, 1.165) is 0 Å². The van der Waals surface area contributed by atoms with Crippen molar-refractivity contribution in [2.45, 2.75) is 0 Å². The summed E-state index contributed by atoms with van der Waals surface area (Å²) < 4.78 is 0. The lowest BCUT2D eigenvalue weighted by Gasteiger charge is -2.04. The van der Waals surface area contributed by atoms with Gasteiger partial charge in [-0.1, -0.05) is 0 Å². The summed E-state index contributed by atoms with van der Waals surface area (Å²) in [5.41, 5.74) is 0. The maximum atomic E-state index is 3.05. The molecule has 0 radical (unpaired) electrons. The van der Waals surface area contributed by atoms with Gasteiger partial charge in [-0.3, -0.25) is 0 Å². The van der Waals surface area contributed by atoms with Crippen LogP contribution in [0.15, 0.2) is 24.3 Å². The van der Waals surface area contributed by atoms with E-state index in [4.69, 9.17) is 0 Å². The normalized spacial score (nSPS) is 10.0. The first-order valence-electron chi connectivity index (χ1n) is 2.89. The molecule has 2 aromatic heterocycles. The number of rotatable bonds is 1. The molecule has 0 aromatic carbocycles. The van der Waals surface area contributed by atoms with E-state index in [0.29, 0.717) is 0 Å². The molecule has 2 aromatic rings. The third-order valence-corrected chi connectivity index (χ3v) is 2.98. The third-order valence-electron chi connectivity index (χ3n) is 1.19. The van der Waals surface area contributed by atoms with E-state index >= 15 is 0 Å². The molecule has 0 saturated heterocycles. The highest BCUT2D eigenvalue weighted by Crippen LogP contribution is 2.27. The molecule has 0 amide bonds. The van der Waals surface area contributed by atoms with Crippen molar-refractivity contribution in [2.75, 3.05) is 0 Å². The lowest BCUT2D eigenvalue weighted by atomic mass is 10.4. The molecule has 10 heavy (non-hydrogen) atoms. The summed E-state index contributed by atoms with van der Waals surface area (Å²) in [4.78, 5) is 2.57. The second-order valence-electron chi connectivity index (χ2n) is 1.83. The molecule has 0 aliphatic rings. The fourth-order valence-electron chi connectivity index (χ4n) is 0.747. The zero-order chi connectivity index (χ0) is 6.81. The van der Waals surface area contributed by atoms with Gasteiger partial charge in [0.15, 0.2) is 0 Å². The summed E-state index contributed by atoms with van der Waals surface area (Å²) in [5.74, 6) is 0. The minimum absolute atomic E-state index is 1.28. The molecule has 0 aliphatic heterocycles. The molecule has 0 N–H and O–H groups in total. The van der Waals surface area contributed by atoms with Gasteiger partial charge < -0.3 is 22.7 Å². The lowest BCUT2D eigenvalue weighted by Crippen LogP contribution is -1.55. The van der Waals surface area contributed by atoms with Crippen LogP contribution >= 0.6 is 22.7 Å². The Morgan fingerprint density at radius 2 is 1.40 bits per heavy atom. The molecule has 2 rings (SSSR count). The van der Waals surface area contributed by atoms with Crippen LogP contribution in [0.25, 0.3) is 9.75 Å². The van der Waals surface area contributed by atoms with Crippen LogP contribution in [0.2, 0.25) is 0 Å². The Kier molecular flexibility index (Phi) is 1.57. The van der Waals surface area contributed by atoms with Crippen LogP contribution in [-0.2, 0) is 0 Å². The maximum absolute atomic E-state index is 3.05. The van der Waals surface area contributed by atoms with Gasteiger partial charge in [0.1, 0.15) is 0 Å². The fraction of sp³-hybridized carbons (Fsp3) is 0. The van der Waals surface area contributed by atoms with Crippen molar-refractivity contribution in [3.8, 4) is 9.75 Å². The molecule has 0 spiro atoms. The van der Waals surface area contributed by atoms with Crippen molar-refractivity contribution in [2.24, 2.45) is 0 Å². The van der Waals surface area contributed by atoms with Gasteiger partial charge in [-0.2, -0.15) is 21.9 Å². The maximum Gasteiger partial charge on any atom is -0.125 e. The Morgan fingerprint density at radius 1 is 0.900 bits per heavy atom.